The number of likely N-dealkylation sites (N-methyl/N-ethyl adjacent to an activating group) is 1. The fourth-order valence-electron chi connectivity index (χ4n) is 1.21. The number of aliphatic hydroxyl groups is 1. The molecule has 6 nitrogen and oxygen atoms in total. The Morgan fingerprint density at radius 1 is 1.53 bits per heavy atom. The van der Waals surface area contributed by atoms with Crippen molar-refractivity contribution in [3.63, 3.8) is 0 Å². The van der Waals surface area contributed by atoms with Gasteiger partial charge in [-0.05, 0) is 13.5 Å². The summed E-state index contributed by atoms with van der Waals surface area (Å²) < 4.78 is 0. The van der Waals surface area contributed by atoms with Gasteiger partial charge in [-0.3, -0.25) is 14.9 Å². The van der Waals surface area contributed by atoms with Crippen LogP contribution in [0.25, 0.3) is 0 Å². The predicted molar refractivity (Wildman–Crippen MR) is 56.0 cm³/mol. The van der Waals surface area contributed by atoms with Crippen molar-refractivity contribution in [2.75, 3.05) is 13.6 Å². The van der Waals surface area contributed by atoms with Crippen LogP contribution in [0.15, 0.2) is 0 Å². The molecular weight excluding hydrogens is 198 g/mol. The highest BCUT2D eigenvalue weighted by atomic mass is 16.3. The van der Waals surface area contributed by atoms with Crippen molar-refractivity contribution < 1.29 is 14.7 Å². The van der Waals surface area contributed by atoms with E-state index in [4.69, 9.17) is 0 Å². The zero-order valence-corrected chi connectivity index (χ0v) is 9.12. The minimum absolute atomic E-state index is 0.0693. The second-order valence-electron chi connectivity index (χ2n) is 3.19. The number of hydrogen-bond acceptors (Lipinski definition) is 4. The standard InChI is InChI=1S/C9H19N3O3/c1-3-4-7(9(15)10-2)12-8(14)5-11-6-13/h6-7,9-10,15H,3-5H2,1-2H3,(H,11,13)(H,12,14)/t7-,9?/m0/s1. The molecule has 0 aromatic rings. The van der Waals surface area contributed by atoms with Gasteiger partial charge in [0.2, 0.25) is 12.3 Å². The Bertz CT molecular complexity index is 199. The lowest BCUT2D eigenvalue weighted by molar-refractivity contribution is -0.123. The largest absolute Gasteiger partial charge is 0.376 e. The van der Waals surface area contributed by atoms with Gasteiger partial charge < -0.3 is 15.7 Å². The Labute approximate surface area is 89.4 Å². The highest BCUT2D eigenvalue weighted by Crippen LogP contribution is 1.99. The van der Waals surface area contributed by atoms with Crippen molar-refractivity contribution in [3.8, 4) is 0 Å². The third kappa shape index (κ3) is 6.03. The van der Waals surface area contributed by atoms with Crippen LogP contribution >= 0.6 is 0 Å². The van der Waals surface area contributed by atoms with Crippen LogP contribution in [0, 0.1) is 0 Å². The fourth-order valence-corrected chi connectivity index (χ4v) is 1.21. The first-order valence-electron chi connectivity index (χ1n) is 4.97. The number of aliphatic hydroxyl groups excluding tert-OH is 1. The minimum Gasteiger partial charge on any atom is -0.376 e. The average Bonchev–Trinajstić information content (AvgIpc) is 2.24. The molecule has 0 heterocycles. The van der Waals surface area contributed by atoms with Crippen LogP contribution in [0.5, 0.6) is 0 Å². The third-order valence-electron chi connectivity index (χ3n) is 1.97. The predicted octanol–water partition coefficient (Wildman–Crippen LogP) is -1.44. The summed E-state index contributed by atoms with van der Waals surface area (Å²) in [5.74, 6) is -0.310. The first-order chi connectivity index (χ1) is 7.15. The van der Waals surface area contributed by atoms with Crippen LogP contribution in [0.2, 0.25) is 0 Å². The lowest BCUT2D eigenvalue weighted by Gasteiger charge is -2.23. The second kappa shape index (κ2) is 8.19. The molecule has 15 heavy (non-hydrogen) atoms. The molecule has 6 heteroatoms. The van der Waals surface area contributed by atoms with E-state index in [2.05, 4.69) is 16.0 Å². The van der Waals surface area contributed by atoms with Crippen LogP contribution in [-0.4, -0.2) is 43.3 Å². The van der Waals surface area contributed by atoms with E-state index in [0.717, 1.165) is 6.42 Å². The number of carbonyl (C=O) groups is 2. The van der Waals surface area contributed by atoms with E-state index in [0.29, 0.717) is 12.8 Å². The van der Waals surface area contributed by atoms with Crippen LogP contribution in [0.4, 0.5) is 0 Å². The molecule has 0 aromatic carbocycles. The van der Waals surface area contributed by atoms with E-state index in [9.17, 15) is 14.7 Å². The zero-order chi connectivity index (χ0) is 11.7. The molecular formula is C9H19N3O3. The molecule has 0 aromatic heterocycles. The highest BCUT2D eigenvalue weighted by Gasteiger charge is 2.18. The third-order valence-corrected chi connectivity index (χ3v) is 1.97. The van der Waals surface area contributed by atoms with E-state index in [1.807, 2.05) is 6.92 Å². The van der Waals surface area contributed by atoms with E-state index in [1.54, 1.807) is 7.05 Å². The summed E-state index contributed by atoms with van der Waals surface area (Å²) in [7, 11) is 1.61. The van der Waals surface area contributed by atoms with Gasteiger partial charge >= 0.3 is 0 Å². The van der Waals surface area contributed by atoms with Gasteiger partial charge in [0.25, 0.3) is 0 Å². The smallest absolute Gasteiger partial charge is 0.239 e. The van der Waals surface area contributed by atoms with E-state index >= 15 is 0 Å². The Balaban J connectivity index is 4.02. The van der Waals surface area contributed by atoms with Crippen LogP contribution in [-0.2, 0) is 9.59 Å². The molecule has 0 saturated heterocycles. The Morgan fingerprint density at radius 2 is 2.20 bits per heavy atom. The first kappa shape index (κ1) is 13.9. The molecule has 0 radical (unpaired) electrons. The summed E-state index contributed by atoms with van der Waals surface area (Å²) in [6.45, 7) is 1.89. The van der Waals surface area contributed by atoms with Crippen molar-refractivity contribution in [2.45, 2.75) is 32.0 Å². The summed E-state index contributed by atoms with van der Waals surface area (Å²) in [6.07, 6.45) is 1.22. The van der Waals surface area contributed by atoms with Gasteiger partial charge in [-0.15, -0.1) is 0 Å². The fraction of sp³-hybridized carbons (Fsp3) is 0.778. The van der Waals surface area contributed by atoms with Gasteiger partial charge in [-0.1, -0.05) is 13.3 Å². The maximum absolute atomic E-state index is 11.2. The maximum atomic E-state index is 11.2. The summed E-state index contributed by atoms with van der Waals surface area (Å²) in [5.41, 5.74) is 0. The molecule has 1 unspecified atom stereocenters. The Kier molecular flexibility index (Phi) is 7.57. The number of nitrogens with one attached hydrogen (secondary N) is 3. The number of amides is 2. The summed E-state index contributed by atoms with van der Waals surface area (Å²) >= 11 is 0. The lowest BCUT2D eigenvalue weighted by atomic mass is 10.1. The van der Waals surface area contributed by atoms with Crippen molar-refractivity contribution in [3.05, 3.63) is 0 Å². The Morgan fingerprint density at radius 3 is 2.67 bits per heavy atom. The molecule has 0 aliphatic carbocycles. The molecule has 2 atom stereocenters. The van der Waals surface area contributed by atoms with Crippen molar-refractivity contribution in [2.24, 2.45) is 0 Å². The van der Waals surface area contributed by atoms with Crippen LogP contribution in [0.1, 0.15) is 19.8 Å². The van der Waals surface area contributed by atoms with Crippen molar-refractivity contribution in [1.29, 1.82) is 0 Å². The summed E-state index contributed by atoms with van der Waals surface area (Å²) in [6, 6.07) is -0.332. The van der Waals surface area contributed by atoms with E-state index < -0.39 is 6.23 Å². The molecule has 4 N–H and O–H groups in total. The van der Waals surface area contributed by atoms with Gasteiger partial charge in [-0.2, -0.15) is 0 Å². The van der Waals surface area contributed by atoms with Crippen molar-refractivity contribution >= 4 is 12.3 Å². The normalized spacial score (nSPS) is 14.1. The number of hydrogen-bond donors (Lipinski definition) is 4. The summed E-state index contributed by atoms with van der Waals surface area (Å²) in [4.78, 5) is 21.2. The molecule has 0 saturated carbocycles. The van der Waals surface area contributed by atoms with Crippen LogP contribution in [0.3, 0.4) is 0 Å². The Hall–Kier alpha value is -1.14. The number of carbonyl (C=O) groups excluding carboxylic acids is 2. The first-order valence-corrected chi connectivity index (χ1v) is 4.97. The maximum Gasteiger partial charge on any atom is 0.239 e. The van der Waals surface area contributed by atoms with E-state index in [-0.39, 0.29) is 18.5 Å². The molecule has 2 amide bonds. The van der Waals surface area contributed by atoms with Gasteiger partial charge in [0.1, 0.15) is 6.23 Å². The van der Waals surface area contributed by atoms with Crippen LogP contribution < -0.4 is 16.0 Å². The van der Waals surface area contributed by atoms with Gasteiger partial charge in [0.15, 0.2) is 0 Å². The van der Waals surface area contributed by atoms with Gasteiger partial charge in [0.05, 0.1) is 12.6 Å². The average molecular weight is 217 g/mol. The van der Waals surface area contributed by atoms with Gasteiger partial charge in [-0.25, -0.2) is 0 Å². The lowest BCUT2D eigenvalue weighted by Crippen LogP contribution is -2.50. The second-order valence-corrected chi connectivity index (χ2v) is 3.19. The highest BCUT2D eigenvalue weighted by molar-refractivity contribution is 5.80. The molecule has 0 aliphatic heterocycles. The molecule has 0 bridgehead atoms. The topological polar surface area (TPSA) is 90.5 Å². The minimum atomic E-state index is -0.773. The molecule has 88 valence electrons. The quantitative estimate of drug-likeness (QED) is 0.296. The van der Waals surface area contributed by atoms with Crippen molar-refractivity contribution in [1.82, 2.24) is 16.0 Å². The van der Waals surface area contributed by atoms with E-state index in [1.165, 1.54) is 0 Å². The summed E-state index contributed by atoms with van der Waals surface area (Å²) in [5, 5.41) is 17.1. The zero-order valence-electron chi connectivity index (χ0n) is 9.12. The molecule has 0 rings (SSSR count). The molecule has 0 aliphatic rings. The van der Waals surface area contributed by atoms with Gasteiger partial charge in [0, 0.05) is 0 Å². The molecule has 0 spiro atoms. The monoisotopic (exact) mass is 217 g/mol. The number of rotatable bonds is 8. The molecule has 0 fully saturated rings. The SMILES string of the molecule is CCC[C@H](NC(=O)CNC=O)C(O)NC.